The fraction of sp³-hybridized carbons (Fsp3) is 0.217. The van der Waals surface area contributed by atoms with Gasteiger partial charge in [-0.25, -0.2) is 0 Å². The van der Waals surface area contributed by atoms with E-state index in [1.165, 1.54) is 23.1 Å². The zero-order valence-corrected chi connectivity index (χ0v) is 20.4. The van der Waals surface area contributed by atoms with Gasteiger partial charge in [0.15, 0.2) is 4.34 Å². The molecule has 10 nitrogen and oxygen atoms in total. The third-order valence-electron chi connectivity index (χ3n) is 4.65. The molecule has 0 saturated carbocycles. The molecule has 2 aromatic heterocycles. The molecule has 0 fully saturated rings. The molecule has 2 heterocycles. The molecule has 2 aromatic carbocycles. The standard InChI is InChI=1S/C23H22N6O4S2/c1-32-17-10-6-5-9-16(17)24-19(31)13-14-34-23-28-27-22(35-23)25-18(30)11-12-20-26-21(29-33-20)15-7-3-2-4-8-15/h2-10H,11-14H2,1H3,(H,24,31)(H,25,27,30). The lowest BCUT2D eigenvalue weighted by atomic mass is 10.2. The number of ether oxygens (including phenoxy) is 1. The van der Waals surface area contributed by atoms with Gasteiger partial charge in [0, 0.05) is 30.6 Å². The lowest BCUT2D eigenvalue weighted by molar-refractivity contribution is -0.116. The quantitative estimate of drug-likeness (QED) is 0.224. The van der Waals surface area contributed by atoms with Gasteiger partial charge < -0.3 is 19.9 Å². The molecule has 2 amide bonds. The van der Waals surface area contributed by atoms with Crippen LogP contribution in [0.2, 0.25) is 0 Å². The van der Waals surface area contributed by atoms with Gasteiger partial charge in [0.05, 0.1) is 12.8 Å². The first kappa shape index (κ1) is 24.4. The van der Waals surface area contributed by atoms with Gasteiger partial charge in [0.1, 0.15) is 5.75 Å². The molecule has 0 spiro atoms. The molecule has 0 radical (unpaired) electrons. The monoisotopic (exact) mass is 510 g/mol. The van der Waals surface area contributed by atoms with E-state index in [0.717, 1.165) is 5.56 Å². The predicted octanol–water partition coefficient (Wildman–Crippen LogP) is 4.29. The second-order valence-electron chi connectivity index (χ2n) is 7.15. The highest BCUT2D eigenvalue weighted by Gasteiger charge is 2.13. The van der Waals surface area contributed by atoms with E-state index in [1.807, 2.05) is 42.5 Å². The van der Waals surface area contributed by atoms with Gasteiger partial charge in [-0.05, 0) is 12.1 Å². The van der Waals surface area contributed by atoms with E-state index < -0.39 is 0 Å². The van der Waals surface area contributed by atoms with Crippen LogP contribution in [0, 0.1) is 0 Å². The topological polar surface area (TPSA) is 132 Å². The molecule has 0 unspecified atom stereocenters. The molecule has 2 N–H and O–H groups in total. The van der Waals surface area contributed by atoms with Crippen LogP contribution in [0.15, 0.2) is 63.5 Å². The van der Waals surface area contributed by atoms with Crippen LogP contribution < -0.4 is 15.4 Å². The number of methoxy groups -OCH3 is 1. The van der Waals surface area contributed by atoms with Gasteiger partial charge in [-0.3, -0.25) is 9.59 Å². The number of anilines is 2. The van der Waals surface area contributed by atoms with Crippen molar-refractivity contribution in [1.82, 2.24) is 20.3 Å². The summed E-state index contributed by atoms with van der Waals surface area (Å²) in [6.07, 6.45) is 0.772. The maximum Gasteiger partial charge on any atom is 0.227 e. The molecule has 0 aliphatic carbocycles. The highest BCUT2D eigenvalue weighted by Crippen LogP contribution is 2.27. The number of carbonyl (C=O) groups excluding carboxylic acids is 2. The Labute approximate surface area is 209 Å². The zero-order valence-electron chi connectivity index (χ0n) is 18.8. The first-order valence-electron chi connectivity index (χ1n) is 10.7. The summed E-state index contributed by atoms with van der Waals surface area (Å²) < 4.78 is 11.1. The summed E-state index contributed by atoms with van der Waals surface area (Å²) >= 11 is 2.65. The predicted molar refractivity (Wildman–Crippen MR) is 134 cm³/mol. The number of rotatable bonds is 11. The van der Waals surface area contributed by atoms with Gasteiger partial charge in [-0.15, -0.1) is 10.2 Å². The SMILES string of the molecule is COc1ccccc1NC(=O)CCSc1nnc(NC(=O)CCc2nc(-c3ccccc3)no2)s1. The third kappa shape index (κ3) is 7.11. The lowest BCUT2D eigenvalue weighted by Gasteiger charge is -2.09. The van der Waals surface area contributed by atoms with Crippen LogP contribution >= 0.6 is 23.1 Å². The largest absolute Gasteiger partial charge is 0.495 e. The number of carbonyl (C=O) groups is 2. The Balaban J connectivity index is 1.18. The minimum absolute atomic E-state index is 0.128. The van der Waals surface area contributed by atoms with Crippen LogP contribution in [-0.2, 0) is 16.0 Å². The van der Waals surface area contributed by atoms with Crippen molar-refractivity contribution in [1.29, 1.82) is 0 Å². The number of aromatic nitrogens is 4. The molecule has 180 valence electrons. The summed E-state index contributed by atoms with van der Waals surface area (Å²) in [7, 11) is 1.56. The maximum absolute atomic E-state index is 12.3. The van der Waals surface area contributed by atoms with E-state index in [9.17, 15) is 9.59 Å². The highest BCUT2D eigenvalue weighted by atomic mass is 32.2. The average Bonchev–Trinajstić information content (AvgIpc) is 3.53. The van der Waals surface area contributed by atoms with Crippen molar-refractivity contribution in [3.05, 3.63) is 60.5 Å². The molecule has 0 aliphatic rings. The highest BCUT2D eigenvalue weighted by molar-refractivity contribution is 8.01. The van der Waals surface area contributed by atoms with Gasteiger partial charge in [0.2, 0.25) is 28.7 Å². The fourth-order valence-corrected chi connectivity index (χ4v) is 4.75. The molecule has 35 heavy (non-hydrogen) atoms. The average molecular weight is 511 g/mol. The fourth-order valence-electron chi connectivity index (χ4n) is 2.97. The molecular weight excluding hydrogens is 488 g/mol. The smallest absolute Gasteiger partial charge is 0.227 e. The molecule has 0 saturated heterocycles. The number of hydrogen-bond acceptors (Lipinski definition) is 10. The first-order chi connectivity index (χ1) is 17.1. The van der Waals surface area contributed by atoms with Crippen molar-refractivity contribution < 1.29 is 18.8 Å². The Morgan fingerprint density at radius 1 is 1.00 bits per heavy atom. The number of thioether (sulfide) groups is 1. The van der Waals surface area contributed by atoms with Gasteiger partial charge in [-0.1, -0.05) is 70.7 Å². The third-order valence-corrected chi connectivity index (χ3v) is 6.63. The van der Waals surface area contributed by atoms with Crippen molar-refractivity contribution >= 4 is 45.7 Å². The Kier molecular flexibility index (Phi) is 8.41. The zero-order chi connectivity index (χ0) is 24.5. The van der Waals surface area contributed by atoms with E-state index in [1.54, 1.807) is 19.2 Å². The van der Waals surface area contributed by atoms with Crippen molar-refractivity contribution in [2.45, 2.75) is 23.6 Å². The number of nitrogens with one attached hydrogen (secondary N) is 2. The van der Waals surface area contributed by atoms with Crippen molar-refractivity contribution in [2.75, 3.05) is 23.5 Å². The number of nitrogens with zero attached hydrogens (tertiary/aromatic N) is 4. The van der Waals surface area contributed by atoms with Crippen LogP contribution in [0.25, 0.3) is 11.4 Å². The summed E-state index contributed by atoms with van der Waals surface area (Å²) in [5.41, 5.74) is 1.48. The van der Waals surface area contributed by atoms with Crippen molar-refractivity contribution in [2.24, 2.45) is 0 Å². The normalized spacial score (nSPS) is 10.7. The molecule has 0 atom stereocenters. The van der Waals surface area contributed by atoms with Crippen LogP contribution in [0.3, 0.4) is 0 Å². The molecule has 4 aromatic rings. The second-order valence-corrected chi connectivity index (χ2v) is 9.47. The van der Waals surface area contributed by atoms with Crippen LogP contribution in [0.5, 0.6) is 5.75 Å². The minimum atomic E-state index is -0.228. The Morgan fingerprint density at radius 2 is 1.77 bits per heavy atom. The molecule has 0 aliphatic heterocycles. The first-order valence-corrected chi connectivity index (χ1v) is 12.5. The summed E-state index contributed by atoms with van der Waals surface area (Å²) in [5, 5.41) is 17.9. The Hall–Kier alpha value is -3.77. The maximum atomic E-state index is 12.3. The van der Waals surface area contributed by atoms with Crippen LogP contribution in [0.1, 0.15) is 18.7 Å². The molecule has 0 bridgehead atoms. The van der Waals surface area contributed by atoms with E-state index >= 15 is 0 Å². The molecular formula is C23H22N6O4S2. The van der Waals surface area contributed by atoms with Gasteiger partial charge in [-0.2, -0.15) is 4.98 Å². The molecule has 12 heteroatoms. The van der Waals surface area contributed by atoms with Crippen LogP contribution in [0.4, 0.5) is 10.8 Å². The summed E-state index contributed by atoms with van der Waals surface area (Å²) in [5.74, 6) is 1.64. The number of aryl methyl sites for hydroxylation is 1. The molecule has 4 rings (SSSR count). The summed E-state index contributed by atoms with van der Waals surface area (Å²) in [6.45, 7) is 0. The summed E-state index contributed by atoms with van der Waals surface area (Å²) in [4.78, 5) is 28.8. The minimum Gasteiger partial charge on any atom is -0.495 e. The number of hydrogen-bond donors (Lipinski definition) is 2. The number of para-hydroxylation sites is 2. The summed E-state index contributed by atoms with van der Waals surface area (Å²) in [6, 6.07) is 16.7. The Morgan fingerprint density at radius 3 is 2.60 bits per heavy atom. The van der Waals surface area contributed by atoms with Crippen molar-refractivity contribution in [3.63, 3.8) is 0 Å². The van der Waals surface area contributed by atoms with Gasteiger partial charge in [0.25, 0.3) is 0 Å². The van der Waals surface area contributed by atoms with E-state index in [0.29, 0.717) is 51.2 Å². The van der Waals surface area contributed by atoms with E-state index in [4.69, 9.17) is 9.26 Å². The van der Waals surface area contributed by atoms with Gasteiger partial charge >= 0.3 is 0 Å². The number of benzene rings is 2. The van der Waals surface area contributed by atoms with E-state index in [2.05, 4.69) is 31.0 Å². The van der Waals surface area contributed by atoms with Crippen molar-refractivity contribution in [3.8, 4) is 17.1 Å². The Bertz CT molecular complexity index is 1280. The van der Waals surface area contributed by atoms with E-state index in [-0.39, 0.29) is 18.2 Å². The second kappa shape index (κ2) is 12.1. The number of amides is 2. The lowest BCUT2D eigenvalue weighted by Crippen LogP contribution is -2.12. The van der Waals surface area contributed by atoms with Crippen LogP contribution in [-0.4, -0.2) is 45.0 Å².